The van der Waals surface area contributed by atoms with Crippen molar-refractivity contribution in [1.82, 2.24) is 0 Å². The summed E-state index contributed by atoms with van der Waals surface area (Å²) in [5.41, 5.74) is 2.04. The van der Waals surface area contributed by atoms with E-state index >= 15 is 0 Å². The minimum atomic E-state index is -1.07. The van der Waals surface area contributed by atoms with Crippen molar-refractivity contribution in [1.29, 1.82) is 0 Å². The minimum absolute atomic E-state index is 0.0509. The van der Waals surface area contributed by atoms with E-state index in [2.05, 4.69) is 5.32 Å². The molecule has 0 unspecified atom stereocenters. The molecule has 3 aromatic rings. The molecule has 5 nitrogen and oxygen atoms in total. The van der Waals surface area contributed by atoms with Crippen LogP contribution >= 0.6 is 0 Å². The Morgan fingerprint density at radius 1 is 0.906 bits per heavy atom. The number of benzene rings is 3. The van der Waals surface area contributed by atoms with Crippen molar-refractivity contribution in [2.75, 3.05) is 17.3 Å². The van der Waals surface area contributed by atoms with Crippen molar-refractivity contribution in [3.8, 4) is 5.75 Å². The lowest BCUT2D eigenvalue weighted by Crippen LogP contribution is -2.32. The van der Waals surface area contributed by atoms with Crippen LogP contribution in [0.4, 0.5) is 20.2 Å². The van der Waals surface area contributed by atoms with Gasteiger partial charge in [0.25, 0.3) is 11.8 Å². The Morgan fingerprint density at radius 2 is 1.62 bits per heavy atom. The van der Waals surface area contributed by atoms with Crippen molar-refractivity contribution in [3.63, 3.8) is 0 Å². The quantitative estimate of drug-likeness (QED) is 0.559. The molecule has 0 fully saturated rings. The van der Waals surface area contributed by atoms with E-state index in [1.54, 1.807) is 36.4 Å². The number of anilines is 2. The zero-order valence-corrected chi connectivity index (χ0v) is 17.5. The summed E-state index contributed by atoms with van der Waals surface area (Å²) in [4.78, 5) is 27.9. The van der Waals surface area contributed by atoms with Crippen molar-refractivity contribution in [3.05, 3.63) is 95.2 Å². The maximum Gasteiger partial charge on any atom is 0.282 e. The van der Waals surface area contributed by atoms with E-state index in [1.165, 1.54) is 13.2 Å². The summed E-state index contributed by atoms with van der Waals surface area (Å²) in [6, 6.07) is 17.1. The van der Waals surface area contributed by atoms with Crippen LogP contribution in [-0.4, -0.2) is 18.9 Å². The van der Waals surface area contributed by atoms with E-state index in [-0.39, 0.29) is 17.0 Å². The van der Waals surface area contributed by atoms with Crippen LogP contribution in [0.25, 0.3) is 5.57 Å². The molecule has 7 heteroatoms. The van der Waals surface area contributed by atoms with E-state index in [4.69, 9.17) is 4.74 Å². The first kappa shape index (κ1) is 21.2. The predicted octanol–water partition coefficient (Wildman–Crippen LogP) is 4.93. The van der Waals surface area contributed by atoms with Gasteiger partial charge in [0.1, 0.15) is 11.4 Å². The Labute approximate surface area is 183 Å². The molecule has 0 saturated heterocycles. The van der Waals surface area contributed by atoms with Gasteiger partial charge in [-0.25, -0.2) is 13.7 Å². The number of carbonyl (C=O) groups excluding carboxylic acids is 2. The third kappa shape index (κ3) is 3.73. The molecule has 0 saturated carbocycles. The van der Waals surface area contributed by atoms with Gasteiger partial charge in [-0.1, -0.05) is 37.3 Å². The molecule has 0 radical (unpaired) electrons. The summed E-state index contributed by atoms with van der Waals surface area (Å²) in [5.74, 6) is -2.84. The van der Waals surface area contributed by atoms with Gasteiger partial charge in [-0.05, 0) is 42.3 Å². The standard InChI is InChI=1S/C25H20F2N2O3/c1-3-15-8-11-17(12-9-15)29-24(30)22(18-6-4-5-7-21(18)32-2)23(25(29)31)28-16-10-13-19(26)20(27)14-16/h4-14,28H,3H2,1-2H3. The number of methoxy groups -OCH3 is 1. The normalized spacial score (nSPS) is 13.7. The second-order valence-corrected chi connectivity index (χ2v) is 7.17. The van der Waals surface area contributed by atoms with Crippen LogP contribution in [0, 0.1) is 11.6 Å². The van der Waals surface area contributed by atoms with Gasteiger partial charge in [-0.15, -0.1) is 0 Å². The van der Waals surface area contributed by atoms with Gasteiger partial charge in [0.2, 0.25) is 0 Å². The Balaban J connectivity index is 1.84. The van der Waals surface area contributed by atoms with Crippen molar-refractivity contribution in [2.45, 2.75) is 13.3 Å². The SMILES string of the molecule is CCc1ccc(N2C(=O)C(Nc3ccc(F)c(F)c3)=C(c3ccccc3OC)C2=O)cc1. The maximum absolute atomic E-state index is 13.8. The molecular formula is C25H20F2N2O3. The smallest absolute Gasteiger partial charge is 0.282 e. The number of rotatable bonds is 6. The summed E-state index contributed by atoms with van der Waals surface area (Å²) in [6.07, 6.45) is 0.815. The topological polar surface area (TPSA) is 58.6 Å². The lowest BCUT2D eigenvalue weighted by molar-refractivity contribution is -0.120. The van der Waals surface area contributed by atoms with Crippen molar-refractivity contribution >= 4 is 28.8 Å². The van der Waals surface area contributed by atoms with Crippen molar-refractivity contribution < 1.29 is 23.1 Å². The van der Waals surface area contributed by atoms with E-state index in [9.17, 15) is 18.4 Å². The molecule has 32 heavy (non-hydrogen) atoms. The lowest BCUT2D eigenvalue weighted by Gasteiger charge is -2.16. The Hall–Kier alpha value is -4.00. The molecule has 2 amide bonds. The molecule has 1 heterocycles. The highest BCUT2D eigenvalue weighted by atomic mass is 19.2. The molecule has 4 rings (SSSR count). The lowest BCUT2D eigenvalue weighted by atomic mass is 10.0. The van der Waals surface area contributed by atoms with Gasteiger partial charge in [0, 0.05) is 17.3 Å². The number of carbonyl (C=O) groups is 2. The fraction of sp³-hybridized carbons (Fsp3) is 0.120. The molecule has 0 aromatic heterocycles. The van der Waals surface area contributed by atoms with Gasteiger partial charge in [0.05, 0.1) is 18.4 Å². The Kier molecular flexibility index (Phi) is 5.73. The number of nitrogens with zero attached hydrogens (tertiary/aromatic N) is 1. The fourth-order valence-electron chi connectivity index (χ4n) is 3.58. The molecule has 0 spiro atoms. The number of ether oxygens (including phenoxy) is 1. The van der Waals surface area contributed by atoms with E-state index in [0.717, 1.165) is 29.0 Å². The van der Waals surface area contributed by atoms with Crippen LogP contribution in [0.3, 0.4) is 0 Å². The number of hydrogen-bond donors (Lipinski definition) is 1. The number of halogens is 2. The van der Waals surface area contributed by atoms with Gasteiger partial charge in [-0.2, -0.15) is 0 Å². The first-order valence-corrected chi connectivity index (χ1v) is 10.0. The zero-order valence-electron chi connectivity index (χ0n) is 17.5. The largest absolute Gasteiger partial charge is 0.496 e. The average molecular weight is 434 g/mol. The molecule has 1 aliphatic heterocycles. The van der Waals surface area contributed by atoms with Crippen LogP contribution in [0.1, 0.15) is 18.1 Å². The molecule has 1 N–H and O–H groups in total. The van der Waals surface area contributed by atoms with Crippen LogP contribution in [0.5, 0.6) is 5.75 Å². The first-order valence-electron chi connectivity index (χ1n) is 10.0. The van der Waals surface area contributed by atoms with Gasteiger partial charge in [-0.3, -0.25) is 9.59 Å². The molecular weight excluding hydrogens is 414 g/mol. The summed E-state index contributed by atoms with van der Waals surface area (Å²) in [5, 5.41) is 2.82. The Bertz CT molecular complexity index is 1240. The van der Waals surface area contributed by atoms with Gasteiger partial charge in [0.15, 0.2) is 11.6 Å². The molecule has 162 valence electrons. The zero-order chi connectivity index (χ0) is 22.8. The fourth-order valence-corrected chi connectivity index (χ4v) is 3.58. The van der Waals surface area contributed by atoms with E-state index in [0.29, 0.717) is 17.0 Å². The third-order valence-corrected chi connectivity index (χ3v) is 5.25. The number of nitrogens with one attached hydrogen (secondary N) is 1. The maximum atomic E-state index is 13.8. The van der Waals surface area contributed by atoms with Crippen LogP contribution in [0.2, 0.25) is 0 Å². The summed E-state index contributed by atoms with van der Waals surface area (Å²) in [7, 11) is 1.46. The molecule has 0 atom stereocenters. The average Bonchev–Trinajstić information content (AvgIpc) is 3.05. The number of para-hydroxylation sites is 1. The number of hydrogen-bond acceptors (Lipinski definition) is 4. The highest BCUT2D eigenvalue weighted by molar-refractivity contribution is 6.46. The highest BCUT2D eigenvalue weighted by Crippen LogP contribution is 2.37. The Morgan fingerprint density at radius 3 is 2.28 bits per heavy atom. The van der Waals surface area contributed by atoms with Crippen LogP contribution in [-0.2, 0) is 16.0 Å². The monoisotopic (exact) mass is 434 g/mol. The third-order valence-electron chi connectivity index (χ3n) is 5.25. The first-order chi connectivity index (χ1) is 15.4. The highest BCUT2D eigenvalue weighted by Gasteiger charge is 2.41. The van der Waals surface area contributed by atoms with E-state index in [1.807, 2.05) is 19.1 Å². The minimum Gasteiger partial charge on any atom is -0.496 e. The molecule has 3 aromatic carbocycles. The van der Waals surface area contributed by atoms with Crippen LogP contribution < -0.4 is 15.0 Å². The summed E-state index contributed by atoms with van der Waals surface area (Å²) >= 11 is 0. The summed E-state index contributed by atoms with van der Waals surface area (Å²) in [6.45, 7) is 2.01. The van der Waals surface area contributed by atoms with Crippen molar-refractivity contribution in [2.24, 2.45) is 0 Å². The molecule has 0 bridgehead atoms. The van der Waals surface area contributed by atoms with E-state index < -0.39 is 23.4 Å². The number of imide groups is 1. The molecule has 1 aliphatic rings. The summed E-state index contributed by atoms with van der Waals surface area (Å²) < 4.78 is 32.5. The second-order valence-electron chi connectivity index (χ2n) is 7.17. The number of aryl methyl sites for hydroxylation is 1. The van der Waals surface area contributed by atoms with Crippen LogP contribution in [0.15, 0.2) is 72.4 Å². The second kappa shape index (κ2) is 8.63. The number of amides is 2. The predicted molar refractivity (Wildman–Crippen MR) is 118 cm³/mol. The van der Waals surface area contributed by atoms with Gasteiger partial charge < -0.3 is 10.1 Å². The molecule has 0 aliphatic carbocycles. The van der Waals surface area contributed by atoms with Gasteiger partial charge >= 0.3 is 0 Å².